The zero-order valence-corrected chi connectivity index (χ0v) is 13.0. The third kappa shape index (κ3) is 3.57. The lowest BCUT2D eigenvalue weighted by Crippen LogP contribution is -2.40. The topological polar surface area (TPSA) is 29.5 Å². The summed E-state index contributed by atoms with van der Waals surface area (Å²) in [6.45, 7) is 0. The zero-order valence-electron chi connectivity index (χ0n) is 11.4. The Hall–Kier alpha value is -0.870. The first kappa shape index (κ1) is 14.5. The van der Waals surface area contributed by atoms with E-state index in [-0.39, 0.29) is 5.91 Å². The van der Waals surface area contributed by atoms with Gasteiger partial charge in [0.1, 0.15) is 0 Å². The van der Waals surface area contributed by atoms with Crippen molar-refractivity contribution >= 4 is 21.8 Å². The summed E-state index contributed by atoms with van der Waals surface area (Å²) in [5, 5.41) is 0. The molecule has 0 spiro atoms. The molecule has 2 rings (SSSR count). The van der Waals surface area contributed by atoms with Crippen LogP contribution in [0.1, 0.15) is 36.0 Å². The lowest BCUT2D eigenvalue weighted by Gasteiger charge is -2.34. The van der Waals surface area contributed by atoms with Crippen LogP contribution >= 0.6 is 15.9 Å². The molecule has 0 heterocycles. The second kappa shape index (κ2) is 6.53. The molecule has 1 aliphatic carbocycles. The third-order valence-electron chi connectivity index (χ3n) is 3.94. The molecule has 3 nitrogen and oxygen atoms in total. The molecule has 0 unspecified atom stereocenters. The monoisotopic (exact) mass is 325 g/mol. The Bertz CT molecular complexity index is 424. The predicted octanol–water partition coefficient (Wildman–Crippen LogP) is 3.48. The van der Waals surface area contributed by atoms with Crippen molar-refractivity contribution in [1.29, 1.82) is 0 Å². The van der Waals surface area contributed by atoms with Gasteiger partial charge in [0.15, 0.2) is 0 Å². The Kier molecular flexibility index (Phi) is 4.99. The number of carbonyl (C=O) groups is 1. The number of hydrogen-bond acceptors (Lipinski definition) is 2. The molecular formula is C15H20BrNO2. The van der Waals surface area contributed by atoms with E-state index in [1.165, 1.54) is 0 Å². The van der Waals surface area contributed by atoms with Gasteiger partial charge in [0.2, 0.25) is 0 Å². The number of carbonyl (C=O) groups excluding carboxylic acids is 1. The third-order valence-corrected chi connectivity index (χ3v) is 4.46. The Morgan fingerprint density at radius 2 is 1.79 bits per heavy atom. The summed E-state index contributed by atoms with van der Waals surface area (Å²) in [5.41, 5.74) is 0.750. The van der Waals surface area contributed by atoms with Crippen molar-refractivity contribution in [2.45, 2.75) is 37.8 Å². The lowest BCUT2D eigenvalue weighted by atomic mass is 9.92. The maximum Gasteiger partial charge on any atom is 0.253 e. The molecule has 4 heteroatoms. The first-order chi connectivity index (χ1) is 9.11. The minimum atomic E-state index is 0.105. The Morgan fingerprint density at radius 3 is 2.32 bits per heavy atom. The lowest BCUT2D eigenvalue weighted by molar-refractivity contribution is 0.0386. The van der Waals surface area contributed by atoms with Crippen LogP contribution < -0.4 is 0 Å². The summed E-state index contributed by atoms with van der Waals surface area (Å²) < 4.78 is 6.36. The smallest absolute Gasteiger partial charge is 0.253 e. The van der Waals surface area contributed by atoms with Gasteiger partial charge in [-0.3, -0.25) is 4.79 Å². The van der Waals surface area contributed by atoms with E-state index < -0.39 is 0 Å². The fourth-order valence-corrected chi connectivity index (χ4v) is 2.89. The highest BCUT2D eigenvalue weighted by Crippen LogP contribution is 2.25. The van der Waals surface area contributed by atoms with E-state index >= 15 is 0 Å². The van der Waals surface area contributed by atoms with Crippen LogP contribution in [0.4, 0.5) is 0 Å². The molecule has 0 atom stereocenters. The van der Waals surface area contributed by atoms with Crippen molar-refractivity contribution in [2.75, 3.05) is 14.2 Å². The summed E-state index contributed by atoms with van der Waals surface area (Å²) in [7, 11) is 3.67. The van der Waals surface area contributed by atoms with Crippen molar-refractivity contribution in [1.82, 2.24) is 4.90 Å². The van der Waals surface area contributed by atoms with E-state index in [1.807, 2.05) is 36.2 Å². The summed E-state index contributed by atoms with van der Waals surface area (Å²) in [6, 6.07) is 7.88. The average molecular weight is 326 g/mol. The highest BCUT2D eigenvalue weighted by molar-refractivity contribution is 9.10. The molecule has 1 amide bonds. The number of nitrogens with zero attached hydrogens (tertiary/aromatic N) is 1. The summed E-state index contributed by atoms with van der Waals surface area (Å²) in [5.74, 6) is 0.105. The SMILES string of the molecule is COC1CCC(N(C)C(=O)c2ccc(Br)cc2)CC1. The molecule has 1 aromatic rings. The summed E-state index contributed by atoms with van der Waals surface area (Å²) in [6.07, 6.45) is 4.50. The van der Waals surface area contributed by atoms with Crippen LogP contribution in [0.5, 0.6) is 0 Å². The van der Waals surface area contributed by atoms with E-state index in [2.05, 4.69) is 15.9 Å². The van der Waals surface area contributed by atoms with Gasteiger partial charge in [-0.25, -0.2) is 0 Å². The number of amides is 1. The molecule has 1 aliphatic rings. The Labute approximate surface area is 123 Å². The molecule has 0 radical (unpaired) electrons. The molecule has 104 valence electrons. The molecule has 1 saturated carbocycles. The molecule has 0 N–H and O–H groups in total. The highest BCUT2D eigenvalue weighted by Gasteiger charge is 2.26. The van der Waals surface area contributed by atoms with E-state index in [0.717, 1.165) is 35.7 Å². The van der Waals surface area contributed by atoms with Crippen LogP contribution in [-0.4, -0.2) is 37.1 Å². The normalized spacial score (nSPS) is 23.1. The van der Waals surface area contributed by atoms with Gasteiger partial charge in [0.05, 0.1) is 6.10 Å². The van der Waals surface area contributed by atoms with Crippen molar-refractivity contribution < 1.29 is 9.53 Å². The molecule has 19 heavy (non-hydrogen) atoms. The van der Waals surface area contributed by atoms with Crippen LogP contribution in [0, 0.1) is 0 Å². The molecule has 0 saturated heterocycles. The first-order valence-electron chi connectivity index (χ1n) is 6.67. The van der Waals surface area contributed by atoms with Gasteiger partial charge in [0, 0.05) is 30.2 Å². The number of methoxy groups -OCH3 is 1. The quantitative estimate of drug-likeness (QED) is 0.851. The highest BCUT2D eigenvalue weighted by atomic mass is 79.9. The van der Waals surface area contributed by atoms with Gasteiger partial charge >= 0.3 is 0 Å². The van der Waals surface area contributed by atoms with Gasteiger partial charge in [-0.2, -0.15) is 0 Å². The van der Waals surface area contributed by atoms with Gasteiger partial charge in [0.25, 0.3) is 5.91 Å². The van der Waals surface area contributed by atoms with Crippen molar-refractivity contribution in [3.8, 4) is 0 Å². The standard InChI is InChI=1S/C15H20BrNO2/c1-17(13-7-9-14(19-2)10-8-13)15(18)11-3-5-12(16)6-4-11/h3-6,13-14H,7-10H2,1-2H3. The average Bonchev–Trinajstić information content (AvgIpc) is 2.46. The molecule has 1 aromatic carbocycles. The predicted molar refractivity (Wildman–Crippen MR) is 79.3 cm³/mol. The summed E-state index contributed by atoms with van der Waals surface area (Å²) in [4.78, 5) is 14.3. The fourth-order valence-electron chi connectivity index (χ4n) is 2.63. The Balaban J connectivity index is 1.98. The number of rotatable bonds is 3. The Morgan fingerprint density at radius 1 is 1.21 bits per heavy atom. The van der Waals surface area contributed by atoms with Crippen molar-refractivity contribution in [3.63, 3.8) is 0 Å². The number of halogens is 1. The van der Waals surface area contributed by atoms with Gasteiger partial charge < -0.3 is 9.64 Å². The van der Waals surface area contributed by atoms with E-state index in [1.54, 1.807) is 7.11 Å². The van der Waals surface area contributed by atoms with E-state index in [0.29, 0.717) is 12.1 Å². The minimum absolute atomic E-state index is 0.105. The van der Waals surface area contributed by atoms with Crippen LogP contribution in [0.25, 0.3) is 0 Å². The van der Waals surface area contributed by atoms with Gasteiger partial charge in [-0.15, -0.1) is 0 Å². The maximum absolute atomic E-state index is 12.4. The molecular weight excluding hydrogens is 306 g/mol. The second-order valence-corrected chi connectivity index (χ2v) is 6.00. The molecule has 0 aromatic heterocycles. The van der Waals surface area contributed by atoms with Gasteiger partial charge in [-0.05, 0) is 49.9 Å². The maximum atomic E-state index is 12.4. The largest absolute Gasteiger partial charge is 0.381 e. The van der Waals surface area contributed by atoms with Crippen molar-refractivity contribution in [2.24, 2.45) is 0 Å². The zero-order chi connectivity index (χ0) is 13.8. The van der Waals surface area contributed by atoms with E-state index in [9.17, 15) is 4.79 Å². The van der Waals surface area contributed by atoms with Crippen LogP contribution in [0.2, 0.25) is 0 Å². The number of benzene rings is 1. The fraction of sp³-hybridized carbons (Fsp3) is 0.533. The van der Waals surface area contributed by atoms with Crippen LogP contribution in [0.3, 0.4) is 0 Å². The van der Waals surface area contributed by atoms with Gasteiger partial charge in [-0.1, -0.05) is 15.9 Å². The number of ether oxygens (including phenoxy) is 1. The van der Waals surface area contributed by atoms with Crippen molar-refractivity contribution in [3.05, 3.63) is 34.3 Å². The molecule has 1 fully saturated rings. The number of hydrogen-bond donors (Lipinski definition) is 0. The first-order valence-corrected chi connectivity index (χ1v) is 7.46. The van der Waals surface area contributed by atoms with Crippen LogP contribution in [0.15, 0.2) is 28.7 Å². The van der Waals surface area contributed by atoms with Crippen LogP contribution in [-0.2, 0) is 4.74 Å². The van der Waals surface area contributed by atoms with E-state index in [4.69, 9.17) is 4.74 Å². The summed E-state index contributed by atoms with van der Waals surface area (Å²) >= 11 is 3.38. The minimum Gasteiger partial charge on any atom is -0.381 e. The molecule has 0 bridgehead atoms. The second-order valence-electron chi connectivity index (χ2n) is 5.09. The molecule has 0 aliphatic heterocycles.